The molecule has 36 heavy (non-hydrogen) atoms. The molecule has 0 bridgehead atoms. The predicted molar refractivity (Wildman–Crippen MR) is 140 cm³/mol. The van der Waals surface area contributed by atoms with Crippen molar-refractivity contribution in [3.05, 3.63) is 102 Å². The van der Waals surface area contributed by atoms with Crippen LogP contribution in [0.25, 0.3) is 6.08 Å². The number of nitro groups is 1. The molecule has 0 fully saturated rings. The minimum atomic E-state index is -0.695. The second kappa shape index (κ2) is 10.3. The van der Waals surface area contributed by atoms with E-state index in [-0.39, 0.29) is 23.0 Å². The first-order valence-electron chi connectivity index (χ1n) is 10.6. The van der Waals surface area contributed by atoms with E-state index in [0.29, 0.717) is 31.6 Å². The monoisotopic (exact) mass is 598 g/mol. The van der Waals surface area contributed by atoms with Gasteiger partial charge in [-0.15, -0.1) is 0 Å². The molecule has 0 N–H and O–H groups in total. The minimum absolute atomic E-state index is 0.0123. The van der Waals surface area contributed by atoms with Crippen molar-refractivity contribution in [2.45, 2.75) is 13.8 Å². The van der Waals surface area contributed by atoms with Crippen molar-refractivity contribution in [2.24, 2.45) is 4.99 Å². The molecule has 3 aromatic rings. The van der Waals surface area contributed by atoms with E-state index >= 15 is 0 Å². The maximum absolute atomic E-state index is 12.6. The van der Waals surface area contributed by atoms with Gasteiger partial charge in [0, 0.05) is 17.2 Å². The molecule has 0 radical (unpaired) electrons. The van der Waals surface area contributed by atoms with Gasteiger partial charge < -0.3 is 14.2 Å². The number of aliphatic imine (C=N–C) groups is 1. The van der Waals surface area contributed by atoms with Gasteiger partial charge in [0.25, 0.3) is 5.69 Å². The highest BCUT2D eigenvalue weighted by Crippen LogP contribution is 2.36. The van der Waals surface area contributed by atoms with Crippen LogP contribution in [0.2, 0.25) is 0 Å². The SMILES string of the molecule is COc1cc(/C=C2\N=C(c3cccc([N+](=O)[O-])c3C)OC2=O)cc(I)c1OC(=O)c1cccc(C)c1. The van der Waals surface area contributed by atoms with Crippen LogP contribution in [0.3, 0.4) is 0 Å². The Morgan fingerprint density at radius 3 is 2.58 bits per heavy atom. The summed E-state index contributed by atoms with van der Waals surface area (Å²) in [7, 11) is 1.44. The van der Waals surface area contributed by atoms with Gasteiger partial charge in [-0.2, -0.15) is 0 Å². The zero-order valence-electron chi connectivity index (χ0n) is 19.4. The van der Waals surface area contributed by atoms with E-state index in [4.69, 9.17) is 14.2 Å². The minimum Gasteiger partial charge on any atom is -0.493 e. The Morgan fingerprint density at radius 2 is 1.89 bits per heavy atom. The van der Waals surface area contributed by atoms with Crippen LogP contribution in [0.1, 0.15) is 32.6 Å². The van der Waals surface area contributed by atoms with E-state index in [1.54, 1.807) is 43.3 Å². The first kappa shape index (κ1) is 25.0. The fourth-order valence-corrected chi connectivity index (χ4v) is 4.32. The Labute approximate surface area is 219 Å². The lowest BCUT2D eigenvalue weighted by atomic mass is 10.1. The Hall–Kier alpha value is -4.06. The summed E-state index contributed by atoms with van der Waals surface area (Å²) >= 11 is 2.01. The summed E-state index contributed by atoms with van der Waals surface area (Å²) in [6.07, 6.45) is 1.50. The molecule has 0 unspecified atom stereocenters. The third-order valence-corrected chi connectivity index (χ3v) is 6.16. The lowest BCUT2D eigenvalue weighted by Gasteiger charge is -2.12. The average Bonchev–Trinajstić information content (AvgIpc) is 3.20. The standard InChI is InChI=1S/C26H19IN2O7/c1-14-6-4-7-17(10-14)25(30)35-23-19(27)11-16(13-22(23)34-3)12-20-26(31)36-24(28-20)18-8-5-9-21(15(18)2)29(32)33/h4-13H,1-3H3/b20-12-. The van der Waals surface area contributed by atoms with Gasteiger partial charge in [-0.1, -0.05) is 23.8 Å². The number of cyclic esters (lactones) is 1. The van der Waals surface area contributed by atoms with E-state index in [1.165, 1.54) is 25.3 Å². The van der Waals surface area contributed by atoms with Crippen molar-refractivity contribution in [1.82, 2.24) is 0 Å². The highest BCUT2D eigenvalue weighted by Gasteiger charge is 2.28. The summed E-state index contributed by atoms with van der Waals surface area (Å²) in [6, 6.07) is 14.8. The van der Waals surface area contributed by atoms with Crippen molar-refractivity contribution < 1.29 is 28.7 Å². The van der Waals surface area contributed by atoms with Gasteiger partial charge in [0.15, 0.2) is 17.2 Å². The van der Waals surface area contributed by atoms with Crippen molar-refractivity contribution in [1.29, 1.82) is 0 Å². The highest BCUT2D eigenvalue weighted by molar-refractivity contribution is 14.1. The van der Waals surface area contributed by atoms with Crippen LogP contribution in [0.15, 0.2) is 65.3 Å². The molecule has 1 heterocycles. The Kier molecular flexibility index (Phi) is 7.15. The van der Waals surface area contributed by atoms with Gasteiger partial charge in [-0.3, -0.25) is 10.1 Å². The zero-order chi connectivity index (χ0) is 26.0. The van der Waals surface area contributed by atoms with Crippen LogP contribution in [0.5, 0.6) is 11.5 Å². The van der Waals surface area contributed by atoms with Gasteiger partial charge in [-0.05, 0) is 78.4 Å². The van der Waals surface area contributed by atoms with Gasteiger partial charge in [0.05, 0.1) is 21.2 Å². The average molecular weight is 598 g/mol. The van der Waals surface area contributed by atoms with Gasteiger partial charge in [-0.25, -0.2) is 14.6 Å². The van der Waals surface area contributed by atoms with E-state index in [9.17, 15) is 19.7 Å². The largest absolute Gasteiger partial charge is 0.493 e. The lowest BCUT2D eigenvalue weighted by molar-refractivity contribution is -0.385. The van der Waals surface area contributed by atoms with E-state index in [1.807, 2.05) is 35.6 Å². The fourth-order valence-electron chi connectivity index (χ4n) is 3.58. The summed E-state index contributed by atoms with van der Waals surface area (Å²) in [6.45, 7) is 3.45. The molecular formula is C26H19IN2O7. The summed E-state index contributed by atoms with van der Waals surface area (Å²) in [4.78, 5) is 40.1. The quantitative estimate of drug-likeness (QED) is 0.0933. The normalized spacial score (nSPS) is 13.8. The van der Waals surface area contributed by atoms with E-state index < -0.39 is 16.9 Å². The second-order valence-corrected chi connectivity index (χ2v) is 9.00. The summed E-state index contributed by atoms with van der Waals surface area (Å²) in [5.41, 5.74) is 2.50. The van der Waals surface area contributed by atoms with Crippen molar-refractivity contribution in [3.8, 4) is 11.5 Å². The van der Waals surface area contributed by atoms with Crippen LogP contribution < -0.4 is 9.47 Å². The molecule has 10 heteroatoms. The van der Waals surface area contributed by atoms with Gasteiger partial charge >= 0.3 is 11.9 Å². The molecule has 9 nitrogen and oxygen atoms in total. The maximum atomic E-state index is 12.6. The molecule has 3 aromatic carbocycles. The molecule has 0 spiro atoms. The molecule has 0 saturated heterocycles. The number of benzene rings is 3. The summed E-state index contributed by atoms with van der Waals surface area (Å²) in [5, 5.41) is 11.2. The van der Waals surface area contributed by atoms with E-state index in [0.717, 1.165) is 5.56 Å². The summed E-state index contributed by atoms with van der Waals surface area (Å²) < 4.78 is 16.9. The maximum Gasteiger partial charge on any atom is 0.363 e. The van der Waals surface area contributed by atoms with Gasteiger partial charge in [0.2, 0.25) is 5.90 Å². The molecule has 0 aromatic heterocycles. The number of halogens is 1. The number of methoxy groups -OCH3 is 1. The molecule has 182 valence electrons. The first-order chi connectivity index (χ1) is 17.2. The number of nitro benzene ring substituents is 1. The number of nitrogens with zero attached hydrogens (tertiary/aromatic N) is 2. The predicted octanol–water partition coefficient (Wildman–Crippen LogP) is 5.39. The molecule has 0 saturated carbocycles. The van der Waals surface area contributed by atoms with E-state index in [2.05, 4.69) is 4.99 Å². The second-order valence-electron chi connectivity index (χ2n) is 7.84. The number of aryl methyl sites for hydroxylation is 1. The van der Waals surface area contributed by atoms with Crippen molar-refractivity contribution in [3.63, 3.8) is 0 Å². The summed E-state index contributed by atoms with van der Waals surface area (Å²) in [5.74, 6) is -0.698. The highest BCUT2D eigenvalue weighted by atomic mass is 127. The molecule has 0 atom stereocenters. The lowest BCUT2D eigenvalue weighted by Crippen LogP contribution is -2.10. The smallest absolute Gasteiger partial charge is 0.363 e. The fraction of sp³-hybridized carbons (Fsp3) is 0.115. The van der Waals surface area contributed by atoms with Crippen LogP contribution in [0, 0.1) is 27.5 Å². The number of carbonyl (C=O) groups excluding carboxylic acids is 2. The Bertz CT molecular complexity index is 1480. The zero-order valence-corrected chi connectivity index (χ0v) is 21.6. The Balaban J connectivity index is 1.65. The number of ether oxygens (including phenoxy) is 3. The topological polar surface area (TPSA) is 117 Å². The first-order valence-corrected chi connectivity index (χ1v) is 11.7. The molecular weight excluding hydrogens is 579 g/mol. The number of hydrogen-bond acceptors (Lipinski definition) is 8. The van der Waals surface area contributed by atoms with Crippen LogP contribution >= 0.6 is 22.6 Å². The molecule has 1 aliphatic rings. The van der Waals surface area contributed by atoms with Crippen molar-refractivity contribution in [2.75, 3.05) is 7.11 Å². The van der Waals surface area contributed by atoms with Gasteiger partial charge in [0.1, 0.15) is 0 Å². The van der Waals surface area contributed by atoms with Crippen LogP contribution in [-0.2, 0) is 9.53 Å². The number of esters is 2. The third-order valence-electron chi connectivity index (χ3n) is 5.36. The molecule has 1 aliphatic heterocycles. The van der Waals surface area contributed by atoms with Crippen LogP contribution in [-0.4, -0.2) is 29.9 Å². The number of hydrogen-bond donors (Lipinski definition) is 0. The number of rotatable bonds is 6. The number of carbonyl (C=O) groups is 2. The third kappa shape index (κ3) is 5.13. The molecule has 4 rings (SSSR count). The Morgan fingerprint density at radius 1 is 1.14 bits per heavy atom. The molecule has 0 aliphatic carbocycles. The van der Waals surface area contributed by atoms with Crippen LogP contribution in [0.4, 0.5) is 5.69 Å². The molecule has 0 amide bonds. The van der Waals surface area contributed by atoms with Crippen molar-refractivity contribution >= 4 is 52.2 Å².